The van der Waals surface area contributed by atoms with Crippen molar-refractivity contribution in [2.45, 2.75) is 37.2 Å². The lowest BCUT2D eigenvalue weighted by Gasteiger charge is -2.25. The highest BCUT2D eigenvalue weighted by Gasteiger charge is 2.47. The van der Waals surface area contributed by atoms with Crippen LogP contribution in [0.3, 0.4) is 0 Å². The molecule has 11 nitrogen and oxygen atoms in total. The summed E-state index contributed by atoms with van der Waals surface area (Å²) in [5.74, 6) is -1.53. The van der Waals surface area contributed by atoms with Gasteiger partial charge in [-0.1, -0.05) is 25.5 Å². The van der Waals surface area contributed by atoms with E-state index >= 15 is 0 Å². The van der Waals surface area contributed by atoms with E-state index in [9.17, 15) is 23.1 Å². The number of nitrogens with two attached hydrogens (primary N) is 2. The van der Waals surface area contributed by atoms with Crippen LogP contribution >= 0.6 is 0 Å². The van der Waals surface area contributed by atoms with Gasteiger partial charge in [-0.3, -0.25) is 10.3 Å². The van der Waals surface area contributed by atoms with Crippen LogP contribution < -0.4 is 21.1 Å². The SMILES string of the molecule is CCCCS(=O)(=O)C(N)(Cc1ccc(OCC2CN(c3ccc(C(=N)N)cc3)C(=O)O2)cc1)C(=O)O. The number of carbonyl (C=O) groups excluding carboxylic acids is 1. The summed E-state index contributed by atoms with van der Waals surface area (Å²) in [7, 11) is -4.08. The maximum atomic E-state index is 12.6. The molecule has 1 aliphatic rings. The van der Waals surface area contributed by atoms with Crippen molar-refractivity contribution in [3.8, 4) is 5.75 Å². The van der Waals surface area contributed by atoms with Gasteiger partial charge in [0.2, 0.25) is 4.87 Å². The number of sulfone groups is 1. The van der Waals surface area contributed by atoms with Crippen LogP contribution in [0.5, 0.6) is 5.75 Å². The van der Waals surface area contributed by atoms with E-state index in [4.69, 9.17) is 26.4 Å². The predicted octanol–water partition coefficient (Wildman–Crippen LogP) is 1.87. The second-order valence-corrected chi connectivity index (χ2v) is 10.9. The van der Waals surface area contributed by atoms with Gasteiger partial charge in [0.05, 0.1) is 12.3 Å². The molecule has 194 valence electrons. The minimum Gasteiger partial charge on any atom is -0.490 e. The summed E-state index contributed by atoms with van der Waals surface area (Å²) in [5, 5.41) is 17.0. The highest BCUT2D eigenvalue weighted by molar-refractivity contribution is 7.93. The summed E-state index contributed by atoms with van der Waals surface area (Å²) in [6.45, 7) is 2.15. The Hall–Kier alpha value is -3.64. The Kier molecular flexibility index (Phi) is 8.21. The van der Waals surface area contributed by atoms with Gasteiger partial charge in [0.1, 0.15) is 18.2 Å². The van der Waals surface area contributed by atoms with E-state index < -0.39 is 32.9 Å². The normalized spacial score (nSPS) is 17.3. The van der Waals surface area contributed by atoms with Gasteiger partial charge in [0.15, 0.2) is 15.9 Å². The number of carboxylic acids is 1. The molecule has 3 rings (SSSR count). The van der Waals surface area contributed by atoms with Gasteiger partial charge in [-0.15, -0.1) is 0 Å². The average molecular weight is 519 g/mol. The first kappa shape index (κ1) is 27.0. The van der Waals surface area contributed by atoms with Gasteiger partial charge < -0.3 is 26.0 Å². The highest BCUT2D eigenvalue weighted by Crippen LogP contribution is 2.25. The first-order valence-electron chi connectivity index (χ1n) is 11.4. The number of nitrogen functional groups attached to an aromatic ring is 1. The van der Waals surface area contributed by atoms with E-state index in [2.05, 4.69) is 0 Å². The van der Waals surface area contributed by atoms with E-state index in [1.54, 1.807) is 48.5 Å². The van der Waals surface area contributed by atoms with Crippen molar-refractivity contribution in [3.05, 3.63) is 59.7 Å². The maximum Gasteiger partial charge on any atom is 0.414 e. The van der Waals surface area contributed by atoms with Crippen molar-refractivity contribution in [3.63, 3.8) is 0 Å². The van der Waals surface area contributed by atoms with Gasteiger partial charge >= 0.3 is 12.1 Å². The number of aliphatic carboxylic acids is 1. The molecule has 12 heteroatoms. The lowest BCUT2D eigenvalue weighted by molar-refractivity contribution is -0.140. The number of cyclic esters (lactones) is 1. The third-order valence-corrected chi connectivity index (χ3v) is 8.13. The number of anilines is 1. The van der Waals surface area contributed by atoms with Crippen LogP contribution in [-0.4, -0.2) is 61.3 Å². The zero-order valence-electron chi connectivity index (χ0n) is 19.8. The molecule has 36 heavy (non-hydrogen) atoms. The third-order valence-electron chi connectivity index (χ3n) is 5.87. The Morgan fingerprint density at radius 1 is 1.22 bits per heavy atom. The van der Waals surface area contributed by atoms with Gasteiger partial charge in [-0.25, -0.2) is 18.0 Å². The molecule has 0 saturated carbocycles. The zero-order valence-corrected chi connectivity index (χ0v) is 20.7. The van der Waals surface area contributed by atoms with Crippen LogP contribution in [0.25, 0.3) is 0 Å². The smallest absolute Gasteiger partial charge is 0.414 e. The number of nitrogens with one attached hydrogen (secondary N) is 1. The van der Waals surface area contributed by atoms with E-state index in [0.717, 1.165) is 0 Å². The topological polar surface area (TPSA) is 186 Å². The van der Waals surface area contributed by atoms with Crippen molar-refractivity contribution in [1.29, 1.82) is 5.41 Å². The summed E-state index contributed by atoms with van der Waals surface area (Å²) < 4.78 is 36.2. The van der Waals surface area contributed by atoms with E-state index in [1.165, 1.54) is 4.90 Å². The number of rotatable bonds is 12. The van der Waals surface area contributed by atoms with Crippen molar-refractivity contribution in [2.24, 2.45) is 11.5 Å². The average Bonchev–Trinajstić information content (AvgIpc) is 3.22. The molecule has 1 amide bonds. The second-order valence-electron chi connectivity index (χ2n) is 8.58. The fraction of sp³-hybridized carbons (Fsp3) is 0.375. The molecule has 0 spiro atoms. The van der Waals surface area contributed by atoms with Gasteiger partial charge in [-0.2, -0.15) is 0 Å². The molecule has 2 aromatic rings. The van der Waals surface area contributed by atoms with Crippen molar-refractivity contribution < 1.29 is 32.6 Å². The molecular weight excluding hydrogens is 488 g/mol. The summed E-state index contributed by atoms with van der Waals surface area (Å²) in [6.07, 6.45) is -0.509. The number of carbonyl (C=O) groups is 2. The Bertz CT molecular complexity index is 1220. The molecule has 2 unspecified atom stereocenters. The third kappa shape index (κ3) is 5.94. The van der Waals surface area contributed by atoms with E-state index in [0.29, 0.717) is 35.4 Å². The fourth-order valence-corrected chi connectivity index (χ4v) is 5.36. The number of carboxylic acid groups (broad SMARTS) is 1. The van der Waals surface area contributed by atoms with Crippen LogP contribution in [0.1, 0.15) is 30.9 Å². The molecule has 1 aliphatic heterocycles. The van der Waals surface area contributed by atoms with Crippen LogP contribution in [0.15, 0.2) is 48.5 Å². The lowest BCUT2D eigenvalue weighted by Crippen LogP contribution is -2.57. The molecule has 0 radical (unpaired) electrons. The number of unbranched alkanes of at least 4 members (excludes halogenated alkanes) is 1. The Balaban J connectivity index is 1.59. The standard InChI is InChI=1S/C24H30N4O7S/c1-2-3-12-36(32,33)24(27,22(29)30)13-16-4-10-19(11-5-16)34-15-20-14-28(23(31)35-20)18-8-6-17(7-9-18)21(25)26/h4-11,20H,2-3,12-15,27H2,1H3,(H3,25,26)(H,29,30). The molecular formula is C24H30N4O7S. The maximum absolute atomic E-state index is 12.6. The monoisotopic (exact) mass is 518 g/mol. The van der Waals surface area contributed by atoms with Gasteiger partial charge in [0.25, 0.3) is 0 Å². The van der Waals surface area contributed by atoms with Crippen LogP contribution in [0, 0.1) is 5.41 Å². The number of amidine groups is 1. The molecule has 1 fully saturated rings. The molecule has 0 aromatic heterocycles. The molecule has 0 aliphatic carbocycles. The predicted molar refractivity (Wildman–Crippen MR) is 134 cm³/mol. The Labute approximate surface area is 209 Å². The molecule has 1 heterocycles. The second kappa shape index (κ2) is 11.0. The number of benzene rings is 2. The van der Waals surface area contributed by atoms with Crippen LogP contribution in [0.2, 0.25) is 0 Å². The summed E-state index contributed by atoms with van der Waals surface area (Å²) >= 11 is 0. The Morgan fingerprint density at radius 3 is 2.42 bits per heavy atom. The Morgan fingerprint density at radius 2 is 1.86 bits per heavy atom. The first-order chi connectivity index (χ1) is 17.0. The van der Waals surface area contributed by atoms with Gasteiger partial charge in [0, 0.05) is 17.7 Å². The minimum absolute atomic E-state index is 0.0685. The summed E-state index contributed by atoms with van der Waals surface area (Å²) in [5.41, 5.74) is 12.9. The lowest BCUT2D eigenvalue weighted by atomic mass is 10.1. The molecule has 6 N–H and O–H groups in total. The number of hydrogen-bond donors (Lipinski definition) is 4. The van der Waals surface area contributed by atoms with Crippen LogP contribution in [0.4, 0.5) is 10.5 Å². The molecule has 2 atom stereocenters. The fourth-order valence-electron chi connectivity index (χ4n) is 3.67. The summed E-state index contributed by atoms with van der Waals surface area (Å²) in [6, 6.07) is 12.9. The molecule has 0 bridgehead atoms. The largest absolute Gasteiger partial charge is 0.490 e. The highest BCUT2D eigenvalue weighted by atomic mass is 32.2. The van der Waals surface area contributed by atoms with Crippen molar-refractivity contribution >= 4 is 33.4 Å². The zero-order chi connectivity index (χ0) is 26.5. The van der Waals surface area contributed by atoms with Crippen LogP contribution in [-0.2, 0) is 25.8 Å². The van der Waals surface area contributed by atoms with E-state index in [1.807, 2.05) is 6.92 Å². The summed E-state index contributed by atoms with van der Waals surface area (Å²) in [4.78, 5) is 23.1. The number of ether oxygens (including phenoxy) is 2. The van der Waals surface area contributed by atoms with Crippen molar-refractivity contribution in [1.82, 2.24) is 0 Å². The van der Waals surface area contributed by atoms with Crippen molar-refractivity contribution in [2.75, 3.05) is 23.8 Å². The first-order valence-corrected chi connectivity index (χ1v) is 13.0. The van der Waals surface area contributed by atoms with E-state index in [-0.39, 0.29) is 31.2 Å². The van der Waals surface area contributed by atoms with Gasteiger partial charge in [-0.05, 0) is 48.4 Å². The molecule has 1 saturated heterocycles. The number of amides is 1. The molecule has 2 aromatic carbocycles. The number of hydrogen-bond acceptors (Lipinski definition) is 8. The minimum atomic E-state index is -4.08. The number of nitrogens with zero attached hydrogens (tertiary/aromatic N) is 1. The quantitative estimate of drug-likeness (QED) is 0.240.